The topological polar surface area (TPSA) is 116 Å². The molecule has 40 heavy (non-hydrogen) atoms. The van der Waals surface area contributed by atoms with Crippen LogP contribution in [-0.2, 0) is 14.3 Å². The third-order valence-electron chi connectivity index (χ3n) is 6.90. The Balaban J connectivity index is 1.27. The van der Waals surface area contributed by atoms with Crippen molar-refractivity contribution in [3.8, 4) is 23.1 Å². The molecule has 3 heterocycles. The number of halogens is 1. The van der Waals surface area contributed by atoms with Gasteiger partial charge >= 0.3 is 0 Å². The van der Waals surface area contributed by atoms with Crippen molar-refractivity contribution in [1.29, 1.82) is 0 Å². The van der Waals surface area contributed by atoms with Gasteiger partial charge in [0.2, 0.25) is 11.8 Å². The number of carbonyl (C=O) groups excluding carboxylic acids is 2. The van der Waals surface area contributed by atoms with Crippen LogP contribution in [0.15, 0.2) is 36.7 Å². The van der Waals surface area contributed by atoms with Crippen molar-refractivity contribution in [1.82, 2.24) is 19.9 Å². The minimum absolute atomic E-state index is 0.0340. The maximum atomic E-state index is 15.1. The summed E-state index contributed by atoms with van der Waals surface area (Å²) in [6.07, 6.45) is 3.64. The molecular formula is C29H31FN4O6. The third kappa shape index (κ3) is 5.99. The van der Waals surface area contributed by atoms with Gasteiger partial charge in [-0.1, -0.05) is 0 Å². The van der Waals surface area contributed by atoms with E-state index in [1.54, 1.807) is 35.2 Å². The number of ether oxygens (including phenoxy) is 4. The number of nitrogens with one attached hydrogen (secondary N) is 1. The maximum absolute atomic E-state index is 15.1. The van der Waals surface area contributed by atoms with Gasteiger partial charge in [0.05, 0.1) is 37.8 Å². The van der Waals surface area contributed by atoms with Crippen molar-refractivity contribution in [2.24, 2.45) is 5.92 Å². The van der Waals surface area contributed by atoms with E-state index in [9.17, 15) is 9.59 Å². The average Bonchev–Trinajstić information content (AvgIpc) is 3.37. The normalized spacial score (nSPS) is 14.3. The Labute approximate surface area is 230 Å². The molecule has 10 nitrogen and oxygen atoms in total. The Morgan fingerprint density at radius 1 is 1.15 bits per heavy atom. The molecule has 0 aliphatic carbocycles. The van der Waals surface area contributed by atoms with E-state index < -0.39 is 11.7 Å². The van der Waals surface area contributed by atoms with Gasteiger partial charge < -0.3 is 33.6 Å². The van der Waals surface area contributed by atoms with Gasteiger partial charge in [0, 0.05) is 48.1 Å². The fourth-order valence-electron chi connectivity index (χ4n) is 4.74. The van der Waals surface area contributed by atoms with E-state index in [1.165, 1.54) is 13.4 Å². The predicted octanol–water partition coefficient (Wildman–Crippen LogP) is 4.58. The molecule has 2 aromatic heterocycles. The maximum Gasteiger partial charge on any atom is 0.230 e. The van der Waals surface area contributed by atoms with E-state index in [1.807, 2.05) is 6.92 Å². The Morgan fingerprint density at radius 2 is 1.98 bits per heavy atom. The molecule has 0 radical (unpaired) electrons. The molecule has 1 amide bonds. The zero-order valence-corrected chi connectivity index (χ0v) is 22.4. The predicted molar refractivity (Wildman–Crippen MR) is 145 cm³/mol. The number of aromatic amines is 1. The van der Waals surface area contributed by atoms with Crippen LogP contribution in [0.1, 0.15) is 25.0 Å². The van der Waals surface area contributed by atoms with Gasteiger partial charge in [-0.2, -0.15) is 0 Å². The lowest BCUT2D eigenvalue weighted by atomic mass is 10.0. The molecule has 0 bridgehead atoms. The number of aromatic nitrogens is 3. The van der Waals surface area contributed by atoms with Gasteiger partial charge in [0.25, 0.3) is 0 Å². The highest BCUT2D eigenvalue weighted by Crippen LogP contribution is 2.37. The minimum atomic E-state index is -0.493. The fourth-order valence-corrected chi connectivity index (χ4v) is 4.74. The Kier molecular flexibility index (Phi) is 8.40. The summed E-state index contributed by atoms with van der Waals surface area (Å²) < 4.78 is 37.8. The van der Waals surface area contributed by atoms with Crippen LogP contribution >= 0.6 is 0 Å². The molecule has 1 atom stereocenters. The van der Waals surface area contributed by atoms with Crippen LogP contribution in [0.5, 0.6) is 23.1 Å². The molecule has 1 N–H and O–H groups in total. The van der Waals surface area contributed by atoms with E-state index in [-0.39, 0.29) is 24.1 Å². The molecular weight excluding hydrogens is 519 g/mol. The van der Waals surface area contributed by atoms with E-state index in [2.05, 4.69) is 15.0 Å². The van der Waals surface area contributed by atoms with Crippen LogP contribution in [0.2, 0.25) is 0 Å². The van der Waals surface area contributed by atoms with Gasteiger partial charge in [-0.15, -0.1) is 0 Å². The highest BCUT2D eigenvalue weighted by molar-refractivity contribution is 5.87. The highest BCUT2D eigenvalue weighted by atomic mass is 19.1. The van der Waals surface area contributed by atoms with E-state index in [0.29, 0.717) is 78.9 Å². The summed E-state index contributed by atoms with van der Waals surface area (Å²) in [4.78, 5) is 37.5. The number of aryl methyl sites for hydroxylation is 1. The number of fused-ring (bicyclic) bond motifs is 2. The van der Waals surface area contributed by atoms with E-state index in [4.69, 9.17) is 18.9 Å². The minimum Gasteiger partial charge on any atom is -0.493 e. The number of rotatable bonds is 11. The van der Waals surface area contributed by atoms with Gasteiger partial charge in [-0.05, 0) is 44.0 Å². The number of benzene rings is 2. The van der Waals surface area contributed by atoms with Gasteiger partial charge in [0.15, 0.2) is 23.1 Å². The second kappa shape index (κ2) is 12.3. The first-order valence-electron chi connectivity index (χ1n) is 13.2. The number of amides is 1. The molecule has 1 fully saturated rings. The number of methoxy groups -OCH3 is 1. The second-order valence-corrected chi connectivity index (χ2v) is 9.68. The molecule has 0 saturated carbocycles. The van der Waals surface area contributed by atoms with Crippen molar-refractivity contribution in [3.05, 3.63) is 48.2 Å². The summed E-state index contributed by atoms with van der Waals surface area (Å²) in [7, 11) is 1.49. The fraction of sp³-hybridized carbons (Fsp3) is 0.379. The number of H-pyrrole nitrogens is 1. The standard InChI is InChI=1S/C29H31FN4O6/c1-18-12-20-22(33-18)6-7-24(28(20)30)40-29-21-13-25(37-2)26(14-23(21)31-17-32-29)39-16-19(15-35)4-3-5-27(36)34-8-10-38-11-9-34/h6-7,12-15,17,19,33H,3-5,8-11,16H2,1-2H3. The monoisotopic (exact) mass is 550 g/mol. The number of hydrogen-bond donors (Lipinski definition) is 1. The molecule has 1 saturated heterocycles. The molecule has 4 aromatic rings. The van der Waals surface area contributed by atoms with Crippen LogP contribution in [0.25, 0.3) is 21.8 Å². The summed E-state index contributed by atoms with van der Waals surface area (Å²) in [6, 6.07) is 8.34. The Hall–Kier alpha value is -4.25. The number of hydrogen-bond acceptors (Lipinski definition) is 8. The second-order valence-electron chi connectivity index (χ2n) is 9.68. The molecule has 2 aromatic carbocycles. The Morgan fingerprint density at radius 3 is 2.75 bits per heavy atom. The third-order valence-corrected chi connectivity index (χ3v) is 6.90. The smallest absolute Gasteiger partial charge is 0.230 e. The highest BCUT2D eigenvalue weighted by Gasteiger charge is 2.19. The van der Waals surface area contributed by atoms with Crippen molar-refractivity contribution in [2.45, 2.75) is 26.2 Å². The van der Waals surface area contributed by atoms with Crippen molar-refractivity contribution < 1.29 is 32.9 Å². The molecule has 210 valence electrons. The molecule has 5 rings (SSSR count). The average molecular weight is 551 g/mol. The number of aldehydes is 1. The molecule has 1 aliphatic rings. The van der Waals surface area contributed by atoms with Gasteiger partial charge in [-0.25, -0.2) is 14.4 Å². The van der Waals surface area contributed by atoms with E-state index in [0.717, 1.165) is 12.0 Å². The number of nitrogens with zero attached hydrogens (tertiary/aromatic N) is 3. The lowest BCUT2D eigenvalue weighted by Crippen LogP contribution is -2.40. The summed E-state index contributed by atoms with van der Waals surface area (Å²) in [5.41, 5.74) is 2.02. The molecule has 1 aliphatic heterocycles. The molecule has 1 unspecified atom stereocenters. The Bertz CT molecular complexity index is 1520. The van der Waals surface area contributed by atoms with Crippen molar-refractivity contribution in [3.63, 3.8) is 0 Å². The molecule has 0 spiro atoms. The first kappa shape index (κ1) is 27.3. The van der Waals surface area contributed by atoms with Crippen LogP contribution in [-0.4, -0.2) is 72.1 Å². The zero-order valence-electron chi connectivity index (χ0n) is 22.4. The van der Waals surface area contributed by atoms with Gasteiger partial charge in [-0.3, -0.25) is 4.79 Å². The summed E-state index contributed by atoms with van der Waals surface area (Å²) >= 11 is 0. The first-order valence-corrected chi connectivity index (χ1v) is 13.2. The van der Waals surface area contributed by atoms with Crippen LogP contribution in [0, 0.1) is 18.7 Å². The van der Waals surface area contributed by atoms with Crippen LogP contribution in [0.4, 0.5) is 4.39 Å². The molecule has 11 heteroatoms. The van der Waals surface area contributed by atoms with Crippen molar-refractivity contribution in [2.75, 3.05) is 40.0 Å². The lowest BCUT2D eigenvalue weighted by molar-refractivity contribution is -0.135. The first-order chi connectivity index (χ1) is 19.5. The summed E-state index contributed by atoms with van der Waals surface area (Å²) in [6.45, 7) is 4.30. The number of morpholine rings is 1. The van der Waals surface area contributed by atoms with E-state index >= 15 is 4.39 Å². The quantitative estimate of drug-likeness (QED) is 0.270. The largest absolute Gasteiger partial charge is 0.493 e. The lowest BCUT2D eigenvalue weighted by Gasteiger charge is -2.27. The summed E-state index contributed by atoms with van der Waals surface area (Å²) in [5, 5.41) is 0.932. The van der Waals surface area contributed by atoms with Crippen LogP contribution < -0.4 is 14.2 Å². The zero-order chi connectivity index (χ0) is 28.1. The number of carbonyl (C=O) groups is 2. The van der Waals surface area contributed by atoms with Crippen LogP contribution in [0.3, 0.4) is 0 Å². The SMILES string of the molecule is COc1cc2c(Oc3ccc4[nH]c(C)cc4c3F)ncnc2cc1OCC(C=O)CCCC(=O)N1CCOCC1. The summed E-state index contributed by atoms with van der Waals surface area (Å²) in [5.74, 6) is 0.167. The van der Waals surface area contributed by atoms with Crippen molar-refractivity contribution >= 4 is 34.0 Å². The van der Waals surface area contributed by atoms with Gasteiger partial charge in [0.1, 0.15) is 12.6 Å².